The Labute approximate surface area is 167 Å². The zero-order chi connectivity index (χ0) is 19.2. The van der Waals surface area contributed by atoms with Crippen molar-refractivity contribution in [1.82, 2.24) is 0 Å². The third-order valence-electron chi connectivity index (χ3n) is 4.94. The second-order valence-corrected chi connectivity index (χ2v) is 6.79. The molecule has 136 valence electrons. The van der Waals surface area contributed by atoms with E-state index in [0.29, 0.717) is 0 Å². The Morgan fingerprint density at radius 2 is 1.00 bits per heavy atom. The highest BCUT2D eigenvalue weighted by Gasteiger charge is 2.21. The number of aromatic nitrogens is 1. The molecule has 0 unspecified atom stereocenters. The third-order valence-corrected chi connectivity index (χ3v) is 4.94. The monoisotopic (exact) mass is 362 g/mol. The Morgan fingerprint density at radius 1 is 0.571 bits per heavy atom. The zero-order valence-electron chi connectivity index (χ0n) is 16.1. The van der Waals surface area contributed by atoms with Gasteiger partial charge in [-0.2, -0.15) is 4.57 Å². The molecule has 0 aliphatic rings. The standard InChI is InChI=1S/C27H24N/c1-2-3-19-28-26(23-15-9-5-10-16-23)20-25(22-13-7-4-8-14-22)21-27(28)24-17-11-6-12-18-24/h2-18,20-21H,19H2,1H3/q+1/b3-2+. The molecule has 0 saturated heterocycles. The zero-order valence-corrected chi connectivity index (χ0v) is 16.1. The van der Waals surface area contributed by atoms with E-state index in [-0.39, 0.29) is 0 Å². The lowest BCUT2D eigenvalue weighted by molar-refractivity contribution is -0.665. The second kappa shape index (κ2) is 8.49. The van der Waals surface area contributed by atoms with Gasteiger partial charge >= 0.3 is 0 Å². The smallest absolute Gasteiger partial charge is 0.188 e. The van der Waals surface area contributed by atoms with E-state index in [2.05, 4.69) is 127 Å². The van der Waals surface area contributed by atoms with E-state index in [4.69, 9.17) is 0 Å². The molecule has 1 heteroatoms. The summed E-state index contributed by atoms with van der Waals surface area (Å²) in [6, 6.07) is 36.5. The van der Waals surface area contributed by atoms with Crippen molar-refractivity contribution >= 4 is 0 Å². The van der Waals surface area contributed by atoms with Crippen LogP contribution in [0, 0.1) is 0 Å². The number of hydrogen-bond acceptors (Lipinski definition) is 0. The van der Waals surface area contributed by atoms with Crippen LogP contribution in [0.25, 0.3) is 33.6 Å². The minimum absolute atomic E-state index is 0.833. The van der Waals surface area contributed by atoms with Gasteiger partial charge < -0.3 is 0 Å². The van der Waals surface area contributed by atoms with Gasteiger partial charge in [-0.1, -0.05) is 72.8 Å². The molecule has 4 aromatic rings. The van der Waals surface area contributed by atoms with E-state index < -0.39 is 0 Å². The molecule has 0 N–H and O–H groups in total. The first-order valence-electron chi connectivity index (χ1n) is 9.72. The molecule has 0 spiro atoms. The molecular weight excluding hydrogens is 338 g/mol. The van der Waals surface area contributed by atoms with Gasteiger partial charge in [0.05, 0.1) is 0 Å². The van der Waals surface area contributed by atoms with Gasteiger partial charge in [0.1, 0.15) is 0 Å². The number of nitrogens with zero attached hydrogens (tertiary/aromatic N) is 1. The second-order valence-electron chi connectivity index (χ2n) is 6.79. The van der Waals surface area contributed by atoms with E-state index in [1.54, 1.807) is 0 Å². The number of allylic oxidation sites excluding steroid dienone is 2. The van der Waals surface area contributed by atoms with Gasteiger partial charge in [0.2, 0.25) is 11.4 Å². The van der Waals surface area contributed by atoms with E-state index in [9.17, 15) is 0 Å². The predicted molar refractivity (Wildman–Crippen MR) is 118 cm³/mol. The lowest BCUT2D eigenvalue weighted by Crippen LogP contribution is -2.38. The Balaban J connectivity index is 2.02. The summed E-state index contributed by atoms with van der Waals surface area (Å²) >= 11 is 0. The first-order chi connectivity index (χ1) is 13.9. The summed E-state index contributed by atoms with van der Waals surface area (Å²) < 4.78 is 2.40. The normalized spacial score (nSPS) is 11.0. The van der Waals surface area contributed by atoms with Crippen LogP contribution in [-0.4, -0.2) is 0 Å². The average Bonchev–Trinajstić information content (AvgIpc) is 2.79. The molecule has 4 rings (SSSR count). The van der Waals surface area contributed by atoms with Crippen LogP contribution < -0.4 is 4.57 Å². The van der Waals surface area contributed by atoms with Gasteiger partial charge in [0.15, 0.2) is 6.54 Å². The highest BCUT2D eigenvalue weighted by atomic mass is 15.0. The largest absolute Gasteiger partial charge is 0.213 e. The molecule has 0 radical (unpaired) electrons. The molecule has 0 saturated carbocycles. The minimum atomic E-state index is 0.833. The topological polar surface area (TPSA) is 3.88 Å². The first kappa shape index (κ1) is 17.9. The lowest BCUT2D eigenvalue weighted by atomic mass is 9.99. The molecule has 0 atom stereocenters. The minimum Gasteiger partial charge on any atom is -0.188 e. The van der Waals surface area contributed by atoms with E-state index in [0.717, 1.165) is 6.54 Å². The first-order valence-corrected chi connectivity index (χ1v) is 9.72. The summed E-state index contributed by atoms with van der Waals surface area (Å²) in [4.78, 5) is 0. The summed E-state index contributed by atoms with van der Waals surface area (Å²) in [6.45, 7) is 2.91. The van der Waals surface area contributed by atoms with Gasteiger partial charge in [0, 0.05) is 23.3 Å². The molecular formula is C27H24N+. The van der Waals surface area contributed by atoms with Gasteiger partial charge in [-0.05, 0) is 48.4 Å². The van der Waals surface area contributed by atoms with Crippen molar-refractivity contribution in [2.45, 2.75) is 13.5 Å². The molecule has 1 heterocycles. The van der Waals surface area contributed by atoms with Crippen LogP contribution in [0.2, 0.25) is 0 Å². The average molecular weight is 362 g/mol. The Hall–Kier alpha value is -3.45. The summed E-state index contributed by atoms with van der Waals surface area (Å²) in [7, 11) is 0. The SMILES string of the molecule is C/C=C/C[n+]1c(-c2ccccc2)cc(-c2ccccc2)cc1-c1ccccc1. The van der Waals surface area contributed by atoms with Crippen LogP contribution >= 0.6 is 0 Å². The summed E-state index contributed by atoms with van der Waals surface area (Å²) in [5.41, 5.74) is 7.35. The van der Waals surface area contributed by atoms with Gasteiger partial charge in [-0.15, -0.1) is 0 Å². The molecule has 0 fully saturated rings. The number of pyridine rings is 1. The van der Waals surface area contributed by atoms with Gasteiger partial charge in [-0.3, -0.25) is 0 Å². The summed E-state index contributed by atoms with van der Waals surface area (Å²) in [5.74, 6) is 0. The molecule has 3 aromatic carbocycles. The Bertz CT molecular complexity index is 1000. The van der Waals surface area contributed by atoms with Gasteiger partial charge in [-0.25, -0.2) is 0 Å². The predicted octanol–water partition coefficient (Wildman–Crippen LogP) is 6.55. The number of hydrogen-bond donors (Lipinski definition) is 0. The molecule has 1 nitrogen and oxygen atoms in total. The van der Waals surface area contributed by atoms with E-state index >= 15 is 0 Å². The maximum atomic E-state index is 2.40. The highest BCUT2D eigenvalue weighted by Crippen LogP contribution is 2.29. The van der Waals surface area contributed by atoms with Crippen molar-refractivity contribution in [3.8, 4) is 33.6 Å². The van der Waals surface area contributed by atoms with Crippen LogP contribution in [0.3, 0.4) is 0 Å². The third kappa shape index (κ3) is 3.79. The van der Waals surface area contributed by atoms with Gasteiger partial charge in [0.25, 0.3) is 0 Å². The number of rotatable bonds is 5. The quantitative estimate of drug-likeness (QED) is 0.280. The van der Waals surface area contributed by atoms with Crippen LogP contribution in [0.5, 0.6) is 0 Å². The molecule has 1 aromatic heterocycles. The fourth-order valence-electron chi connectivity index (χ4n) is 3.52. The molecule has 28 heavy (non-hydrogen) atoms. The molecule has 0 amide bonds. The van der Waals surface area contributed by atoms with Crippen molar-refractivity contribution < 1.29 is 4.57 Å². The highest BCUT2D eigenvalue weighted by molar-refractivity contribution is 5.73. The number of benzene rings is 3. The van der Waals surface area contributed by atoms with Crippen LogP contribution in [0.1, 0.15) is 6.92 Å². The van der Waals surface area contributed by atoms with Crippen molar-refractivity contribution in [3.63, 3.8) is 0 Å². The van der Waals surface area contributed by atoms with Crippen LogP contribution in [-0.2, 0) is 6.54 Å². The summed E-state index contributed by atoms with van der Waals surface area (Å²) in [6.07, 6.45) is 4.32. The Kier molecular flexibility index (Phi) is 5.44. The van der Waals surface area contributed by atoms with Crippen LogP contribution in [0.15, 0.2) is 115 Å². The fraction of sp³-hybridized carbons (Fsp3) is 0.0741. The fourth-order valence-corrected chi connectivity index (χ4v) is 3.52. The molecule has 0 aliphatic heterocycles. The maximum absolute atomic E-state index is 2.40. The van der Waals surface area contributed by atoms with E-state index in [1.165, 1.54) is 33.6 Å². The maximum Gasteiger partial charge on any atom is 0.213 e. The molecule has 0 aliphatic carbocycles. The van der Waals surface area contributed by atoms with Crippen molar-refractivity contribution in [2.75, 3.05) is 0 Å². The van der Waals surface area contributed by atoms with Crippen molar-refractivity contribution in [1.29, 1.82) is 0 Å². The van der Waals surface area contributed by atoms with E-state index in [1.807, 2.05) is 0 Å². The lowest BCUT2D eigenvalue weighted by Gasteiger charge is -2.12. The van der Waals surface area contributed by atoms with Crippen LogP contribution in [0.4, 0.5) is 0 Å². The Morgan fingerprint density at radius 3 is 1.43 bits per heavy atom. The summed E-state index contributed by atoms with van der Waals surface area (Å²) in [5, 5.41) is 0. The van der Waals surface area contributed by atoms with Crippen molar-refractivity contribution in [2.24, 2.45) is 0 Å². The molecule has 0 bridgehead atoms. The van der Waals surface area contributed by atoms with Crippen molar-refractivity contribution in [3.05, 3.63) is 115 Å².